The molecular formula is C12H20OSi. The molecule has 0 amide bonds. The molecule has 0 heterocycles. The van der Waals surface area contributed by atoms with E-state index in [9.17, 15) is 0 Å². The number of hydrogen-bond donors (Lipinski definition) is 0. The van der Waals surface area contributed by atoms with Crippen molar-refractivity contribution in [2.24, 2.45) is 0 Å². The maximum atomic E-state index is 6.11. The van der Waals surface area contributed by atoms with Gasteiger partial charge in [0, 0.05) is 0 Å². The average molecular weight is 208 g/mol. The quantitative estimate of drug-likeness (QED) is 0.666. The highest BCUT2D eigenvalue weighted by Gasteiger charge is 2.38. The highest BCUT2D eigenvalue weighted by molar-refractivity contribution is 6.74. The largest absolute Gasteiger partial charge is 0.544 e. The zero-order chi connectivity index (χ0) is 10.8. The van der Waals surface area contributed by atoms with Gasteiger partial charge in [-0.2, -0.15) is 0 Å². The maximum absolute atomic E-state index is 6.11. The molecule has 1 nitrogen and oxygen atoms in total. The van der Waals surface area contributed by atoms with Crippen molar-refractivity contribution in [1.29, 1.82) is 0 Å². The second-order valence-corrected chi connectivity index (χ2v) is 9.90. The lowest BCUT2D eigenvalue weighted by Gasteiger charge is -2.36. The van der Waals surface area contributed by atoms with Gasteiger partial charge in [-0.1, -0.05) is 39.0 Å². The Balaban J connectivity index is 2.79. The second-order valence-electron chi connectivity index (χ2n) is 5.18. The molecule has 14 heavy (non-hydrogen) atoms. The molecule has 1 aromatic rings. The van der Waals surface area contributed by atoms with Crippen molar-refractivity contribution in [3.63, 3.8) is 0 Å². The van der Waals surface area contributed by atoms with E-state index in [-0.39, 0.29) is 5.04 Å². The van der Waals surface area contributed by atoms with Gasteiger partial charge in [-0.25, -0.2) is 0 Å². The summed E-state index contributed by atoms with van der Waals surface area (Å²) in [7, 11) is -1.65. The van der Waals surface area contributed by atoms with E-state index in [1.165, 1.54) is 0 Å². The van der Waals surface area contributed by atoms with Gasteiger partial charge in [-0.3, -0.25) is 0 Å². The van der Waals surface area contributed by atoms with Gasteiger partial charge in [0.15, 0.2) is 0 Å². The SMILES string of the molecule is CC(C)(C)[Si](C)(C)Oc1ccccc1. The number of hydrogen-bond acceptors (Lipinski definition) is 1. The van der Waals surface area contributed by atoms with Gasteiger partial charge in [-0.05, 0) is 30.3 Å². The Labute approximate surface area is 88.2 Å². The molecular weight excluding hydrogens is 188 g/mol. The highest BCUT2D eigenvalue weighted by Crippen LogP contribution is 2.37. The van der Waals surface area contributed by atoms with Crippen molar-refractivity contribution in [2.45, 2.75) is 38.9 Å². The molecule has 0 saturated heterocycles. The minimum Gasteiger partial charge on any atom is -0.544 e. The molecule has 0 N–H and O–H groups in total. The minimum atomic E-state index is -1.65. The fourth-order valence-electron chi connectivity index (χ4n) is 0.936. The molecule has 0 aliphatic heterocycles. The van der Waals surface area contributed by atoms with Crippen LogP contribution in [-0.2, 0) is 0 Å². The predicted octanol–water partition coefficient (Wildman–Crippen LogP) is 4.07. The smallest absolute Gasteiger partial charge is 0.250 e. The zero-order valence-corrected chi connectivity index (χ0v) is 10.8. The van der Waals surface area contributed by atoms with Crippen molar-refractivity contribution in [2.75, 3.05) is 0 Å². The Hall–Kier alpha value is -0.763. The lowest BCUT2D eigenvalue weighted by atomic mass is 10.2. The normalized spacial score (nSPS) is 12.6. The first kappa shape index (κ1) is 11.3. The molecule has 2 heteroatoms. The summed E-state index contributed by atoms with van der Waals surface area (Å²) in [5.74, 6) is 0.999. The topological polar surface area (TPSA) is 9.23 Å². The number of benzene rings is 1. The monoisotopic (exact) mass is 208 g/mol. The molecule has 0 saturated carbocycles. The summed E-state index contributed by atoms with van der Waals surface area (Å²) in [4.78, 5) is 0. The third kappa shape index (κ3) is 2.61. The molecule has 0 atom stereocenters. The first-order chi connectivity index (χ1) is 6.33. The van der Waals surface area contributed by atoms with Crippen LogP contribution in [0.1, 0.15) is 20.8 Å². The number of rotatable bonds is 2. The highest BCUT2D eigenvalue weighted by atomic mass is 28.4. The van der Waals surface area contributed by atoms with Gasteiger partial charge >= 0.3 is 0 Å². The van der Waals surface area contributed by atoms with E-state index < -0.39 is 8.32 Å². The van der Waals surface area contributed by atoms with Gasteiger partial charge in [0.2, 0.25) is 8.32 Å². The molecule has 1 rings (SSSR count). The Bertz CT molecular complexity index is 285. The summed E-state index contributed by atoms with van der Waals surface area (Å²) in [5.41, 5.74) is 0. The molecule has 0 spiro atoms. The molecule has 0 aliphatic rings. The van der Waals surface area contributed by atoms with Crippen molar-refractivity contribution < 1.29 is 4.43 Å². The van der Waals surface area contributed by atoms with Gasteiger partial charge in [-0.15, -0.1) is 0 Å². The summed E-state index contributed by atoms with van der Waals surface area (Å²) in [6, 6.07) is 10.1. The van der Waals surface area contributed by atoms with Crippen molar-refractivity contribution in [3.05, 3.63) is 30.3 Å². The van der Waals surface area contributed by atoms with Crippen LogP contribution in [-0.4, -0.2) is 8.32 Å². The zero-order valence-electron chi connectivity index (χ0n) is 9.79. The Morgan fingerprint density at radius 2 is 1.50 bits per heavy atom. The van der Waals surface area contributed by atoms with Crippen LogP contribution in [0.5, 0.6) is 5.75 Å². The lowest BCUT2D eigenvalue weighted by Crippen LogP contribution is -2.43. The maximum Gasteiger partial charge on any atom is 0.250 e. The van der Waals surface area contributed by atoms with E-state index in [1.807, 2.05) is 30.3 Å². The van der Waals surface area contributed by atoms with Crippen molar-refractivity contribution >= 4 is 8.32 Å². The van der Waals surface area contributed by atoms with E-state index >= 15 is 0 Å². The van der Waals surface area contributed by atoms with Gasteiger partial charge in [0.25, 0.3) is 0 Å². The summed E-state index contributed by atoms with van der Waals surface area (Å²) >= 11 is 0. The number of para-hydroxylation sites is 1. The fourth-order valence-corrected chi connectivity index (χ4v) is 1.97. The van der Waals surface area contributed by atoms with Crippen LogP contribution in [0.15, 0.2) is 30.3 Å². The van der Waals surface area contributed by atoms with E-state index in [1.54, 1.807) is 0 Å². The molecule has 0 fully saturated rings. The summed E-state index contributed by atoms with van der Waals surface area (Å²) in [6.07, 6.45) is 0. The average Bonchev–Trinajstić information content (AvgIpc) is 2.03. The van der Waals surface area contributed by atoms with Gasteiger partial charge < -0.3 is 4.43 Å². The van der Waals surface area contributed by atoms with Crippen LogP contribution in [0.25, 0.3) is 0 Å². The molecule has 0 unspecified atom stereocenters. The molecule has 0 aromatic heterocycles. The fraction of sp³-hybridized carbons (Fsp3) is 0.500. The van der Waals surface area contributed by atoms with Crippen LogP contribution in [0, 0.1) is 0 Å². The predicted molar refractivity (Wildman–Crippen MR) is 64.3 cm³/mol. The summed E-state index contributed by atoms with van der Waals surface area (Å²) < 4.78 is 6.11. The standard InChI is InChI=1S/C12H20OSi/c1-12(2,3)14(4,5)13-11-9-7-6-8-10-11/h6-10H,1-5H3. The Morgan fingerprint density at radius 1 is 1.00 bits per heavy atom. The van der Waals surface area contributed by atoms with Crippen LogP contribution >= 0.6 is 0 Å². The minimum absolute atomic E-state index is 0.267. The van der Waals surface area contributed by atoms with Crippen LogP contribution < -0.4 is 4.43 Å². The van der Waals surface area contributed by atoms with Crippen molar-refractivity contribution in [1.82, 2.24) is 0 Å². The third-order valence-corrected chi connectivity index (χ3v) is 7.28. The van der Waals surface area contributed by atoms with Crippen LogP contribution in [0.3, 0.4) is 0 Å². The summed E-state index contributed by atoms with van der Waals surface area (Å²) in [5, 5.41) is 0.267. The van der Waals surface area contributed by atoms with Crippen molar-refractivity contribution in [3.8, 4) is 5.75 Å². The van der Waals surface area contributed by atoms with E-state index in [4.69, 9.17) is 4.43 Å². The molecule has 0 bridgehead atoms. The van der Waals surface area contributed by atoms with Crippen LogP contribution in [0.2, 0.25) is 18.1 Å². The van der Waals surface area contributed by atoms with Crippen LogP contribution in [0.4, 0.5) is 0 Å². The second kappa shape index (κ2) is 3.77. The molecule has 0 radical (unpaired) electrons. The van der Waals surface area contributed by atoms with E-state index in [0.29, 0.717) is 0 Å². The van der Waals surface area contributed by atoms with Gasteiger partial charge in [0.1, 0.15) is 5.75 Å². The Morgan fingerprint density at radius 3 is 1.93 bits per heavy atom. The van der Waals surface area contributed by atoms with E-state index in [0.717, 1.165) is 5.75 Å². The van der Waals surface area contributed by atoms with E-state index in [2.05, 4.69) is 33.9 Å². The lowest BCUT2D eigenvalue weighted by molar-refractivity contribution is 0.492. The summed E-state index contributed by atoms with van der Waals surface area (Å²) in [6.45, 7) is 11.3. The molecule has 1 aromatic carbocycles. The first-order valence-corrected chi connectivity index (χ1v) is 7.98. The third-order valence-electron chi connectivity index (χ3n) is 2.92. The Kier molecular flexibility index (Phi) is 3.05. The first-order valence-electron chi connectivity index (χ1n) is 5.07. The molecule has 78 valence electrons. The molecule has 0 aliphatic carbocycles. The van der Waals surface area contributed by atoms with Gasteiger partial charge in [0.05, 0.1) is 0 Å².